The molecule has 9 nitrogen and oxygen atoms in total. The zero-order valence-electron chi connectivity index (χ0n) is 11.2. The van der Waals surface area contributed by atoms with Crippen molar-refractivity contribution in [2.75, 3.05) is 0 Å². The number of rotatable bonds is 4. The van der Waals surface area contributed by atoms with Crippen molar-refractivity contribution >= 4 is 23.9 Å². The molecule has 0 atom stereocenters. The Morgan fingerprint density at radius 2 is 0.909 bits per heavy atom. The van der Waals surface area contributed by atoms with E-state index < -0.39 is 35.0 Å². The summed E-state index contributed by atoms with van der Waals surface area (Å²) in [5, 5.41) is 31.5. The Bertz CT molecular complexity index is 470. The zero-order valence-corrected chi connectivity index (χ0v) is 11.2. The lowest BCUT2D eigenvalue weighted by Crippen LogP contribution is -2.08. The number of carboxylic acid groups (broad SMARTS) is 4. The number of hydrogen-bond acceptors (Lipinski definition) is 5. The molecule has 1 aromatic heterocycles. The smallest absolute Gasteiger partial charge is 0.342 e. The van der Waals surface area contributed by atoms with Gasteiger partial charge in [0, 0.05) is 12.4 Å². The molecule has 1 aromatic rings. The number of aromatic nitrogens is 1. The minimum Gasteiger partial charge on any atom is -0.477 e. The van der Waals surface area contributed by atoms with Crippen molar-refractivity contribution in [2.45, 2.75) is 0 Å². The van der Waals surface area contributed by atoms with E-state index >= 15 is 0 Å². The SMILES string of the molecule is C=C(C(=O)O)C(=O)O.C=C(C(=O)O)C(=O)O.c1ccncc1. The van der Waals surface area contributed by atoms with Crippen LogP contribution in [0.15, 0.2) is 54.9 Å². The van der Waals surface area contributed by atoms with Crippen LogP contribution in [0.1, 0.15) is 0 Å². The van der Waals surface area contributed by atoms with E-state index in [1.54, 1.807) is 12.4 Å². The minimum absolute atomic E-state index is 0.815. The van der Waals surface area contributed by atoms with Gasteiger partial charge in [-0.05, 0) is 12.1 Å². The van der Waals surface area contributed by atoms with Crippen LogP contribution in [0, 0.1) is 0 Å². The van der Waals surface area contributed by atoms with Gasteiger partial charge in [-0.25, -0.2) is 19.2 Å². The van der Waals surface area contributed by atoms with Crippen LogP contribution in [0.3, 0.4) is 0 Å². The number of pyridine rings is 1. The van der Waals surface area contributed by atoms with E-state index in [-0.39, 0.29) is 0 Å². The predicted molar refractivity (Wildman–Crippen MR) is 73.1 cm³/mol. The molecule has 0 fully saturated rings. The van der Waals surface area contributed by atoms with Crippen molar-refractivity contribution < 1.29 is 39.6 Å². The van der Waals surface area contributed by atoms with Gasteiger partial charge in [-0.1, -0.05) is 19.2 Å². The maximum Gasteiger partial charge on any atom is 0.342 e. The summed E-state index contributed by atoms with van der Waals surface area (Å²) in [5.74, 6) is -6.01. The normalized spacial score (nSPS) is 8.00. The van der Waals surface area contributed by atoms with Gasteiger partial charge in [0.25, 0.3) is 0 Å². The third kappa shape index (κ3) is 11.6. The lowest BCUT2D eigenvalue weighted by molar-refractivity contribution is -0.142. The van der Waals surface area contributed by atoms with E-state index in [4.69, 9.17) is 20.4 Å². The molecule has 0 aliphatic rings. The van der Waals surface area contributed by atoms with E-state index in [1.165, 1.54) is 0 Å². The second-order valence-corrected chi connectivity index (χ2v) is 3.20. The third-order valence-electron chi connectivity index (χ3n) is 1.60. The summed E-state index contributed by atoms with van der Waals surface area (Å²) in [7, 11) is 0. The predicted octanol–water partition coefficient (Wildman–Crippen LogP) is 0.505. The van der Waals surface area contributed by atoms with Crippen LogP contribution in [0.4, 0.5) is 0 Å². The fourth-order valence-electron chi connectivity index (χ4n) is 0.496. The van der Waals surface area contributed by atoms with Crippen LogP contribution in [0.5, 0.6) is 0 Å². The summed E-state index contributed by atoms with van der Waals surface area (Å²) in [5.41, 5.74) is -1.63. The maximum atomic E-state index is 9.66. The lowest BCUT2D eigenvalue weighted by atomic mass is 10.3. The van der Waals surface area contributed by atoms with Crippen LogP contribution >= 0.6 is 0 Å². The molecule has 0 aliphatic heterocycles. The number of hydrogen-bond donors (Lipinski definition) is 4. The summed E-state index contributed by atoms with van der Waals surface area (Å²) in [6.45, 7) is 5.51. The Hall–Kier alpha value is -3.49. The first kappa shape index (κ1) is 20.8. The molecule has 0 aliphatic carbocycles. The quantitative estimate of drug-likeness (QED) is 0.352. The van der Waals surface area contributed by atoms with Crippen LogP contribution < -0.4 is 0 Å². The Labute approximate surface area is 124 Å². The Balaban J connectivity index is 0. The van der Waals surface area contributed by atoms with E-state index in [0.29, 0.717) is 0 Å². The first-order chi connectivity index (χ1) is 10.1. The van der Waals surface area contributed by atoms with Crippen LogP contribution in [0.25, 0.3) is 0 Å². The topological polar surface area (TPSA) is 162 Å². The van der Waals surface area contributed by atoms with Gasteiger partial charge in [-0.15, -0.1) is 0 Å². The number of carbonyl (C=O) groups is 4. The molecule has 0 radical (unpaired) electrons. The number of carboxylic acids is 4. The Kier molecular flexibility index (Phi) is 10.7. The molecule has 0 saturated carbocycles. The molecule has 4 N–H and O–H groups in total. The molecule has 1 heterocycles. The summed E-state index contributed by atoms with van der Waals surface area (Å²) in [6.07, 6.45) is 3.50. The fraction of sp³-hybridized carbons (Fsp3) is 0. The van der Waals surface area contributed by atoms with Crippen LogP contribution in [-0.2, 0) is 19.2 Å². The third-order valence-corrected chi connectivity index (χ3v) is 1.60. The van der Waals surface area contributed by atoms with Crippen LogP contribution in [-0.4, -0.2) is 49.3 Å². The van der Waals surface area contributed by atoms with Gasteiger partial charge < -0.3 is 20.4 Å². The van der Waals surface area contributed by atoms with Gasteiger partial charge >= 0.3 is 23.9 Å². The fourth-order valence-corrected chi connectivity index (χ4v) is 0.496. The van der Waals surface area contributed by atoms with Crippen molar-refractivity contribution in [3.05, 3.63) is 54.9 Å². The molecule has 9 heteroatoms. The summed E-state index contributed by atoms with van der Waals surface area (Å²) in [6, 6.07) is 5.72. The second kappa shape index (κ2) is 11.3. The lowest BCUT2D eigenvalue weighted by Gasteiger charge is -1.86. The largest absolute Gasteiger partial charge is 0.477 e. The molecule has 0 bridgehead atoms. The van der Waals surface area contributed by atoms with Crippen molar-refractivity contribution in [1.29, 1.82) is 0 Å². The highest BCUT2D eigenvalue weighted by Crippen LogP contribution is 1.87. The highest BCUT2D eigenvalue weighted by atomic mass is 16.4. The molecule has 0 spiro atoms. The van der Waals surface area contributed by atoms with Gasteiger partial charge in [0.2, 0.25) is 0 Å². The van der Waals surface area contributed by atoms with Crippen molar-refractivity contribution in [1.82, 2.24) is 4.98 Å². The van der Waals surface area contributed by atoms with Crippen LogP contribution in [0.2, 0.25) is 0 Å². The maximum absolute atomic E-state index is 9.66. The Morgan fingerprint density at radius 3 is 0.955 bits per heavy atom. The molecule has 0 amide bonds. The van der Waals surface area contributed by atoms with E-state index in [0.717, 1.165) is 0 Å². The molecule has 0 aromatic carbocycles. The molecule has 22 heavy (non-hydrogen) atoms. The van der Waals surface area contributed by atoms with E-state index in [2.05, 4.69) is 18.1 Å². The molecule has 0 saturated heterocycles. The Morgan fingerprint density at radius 1 is 0.636 bits per heavy atom. The first-order valence-electron chi connectivity index (χ1n) is 5.27. The highest BCUT2D eigenvalue weighted by Gasteiger charge is 2.11. The summed E-state index contributed by atoms with van der Waals surface area (Å²) < 4.78 is 0. The van der Waals surface area contributed by atoms with Gasteiger partial charge in [-0.3, -0.25) is 4.98 Å². The standard InChI is InChI=1S/C5H5N.2C4H4O4/c1-2-4-6-5-3-1;2*1-2(3(5)6)4(7)8/h1-5H;2*1H2,(H,5,6)(H,7,8). The van der Waals surface area contributed by atoms with E-state index in [1.807, 2.05) is 18.2 Å². The summed E-state index contributed by atoms with van der Waals surface area (Å²) >= 11 is 0. The number of aliphatic carboxylic acids is 4. The molecular formula is C13H13NO8. The van der Waals surface area contributed by atoms with Gasteiger partial charge in [-0.2, -0.15) is 0 Å². The average Bonchev–Trinajstić information content (AvgIpc) is 2.48. The van der Waals surface area contributed by atoms with Crippen molar-refractivity contribution in [2.24, 2.45) is 0 Å². The average molecular weight is 311 g/mol. The zero-order chi connectivity index (χ0) is 17.7. The highest BCUT2D eigenvalue weighted by molar-refractivity contribution is 6.12. The first-order valence-corrected chi connectivity index (χ1v) is 5.27. The molecule has 118 valence electrons. The van der Waals surface area contributed by atoms with Crippen molar-refractivity contribution in [3.63, 3.8) is 0 Å². The second-order valence-electron chi connectivity index (χ2n) is 3.20. The molecule has 1 rings (SSSR count). The minimum atomic E-state index is -1.50. The summed E-state index contributed by atoms with van der Waals surface area (Å²) in [4.78, 5) is 42.4. The van der Waals surface area contributed by atoms with Gasteiger partial charge in [0.15, 0.2) is 0 Å². The van der Waals surface area contributed by atoms with Gasteiger partial charge in [0.1, 0.15) is 11.1 Å². The monoisotopic (exact) mass is 311 g/mol. The van der Waals surface area contributed by atoms with Gasteiger partial charge in [0.05, 0.1) is 0 Å². The molecule has 0 unspecified atom stereocenters. The van der Waals surface area contributed by atoms with E-state index in [9.17, 15) is 19.2 Å². The van der Waals surface area contributed by atoms with Crippen molar-refractivity contribution in [3.8, 4) is 0 Å². The number of nitrogens with zero attached hydrogens (tertiary/aromatic N) is 1. The molecular weight excluding hydrogens is 298 g/mol.